The molecular weight excluding hydrogens is 405 g/mol. The number of nitrogens with zero attached hydrogens (tertiary/aromatic N) is 3. The number of hydrogen-bond acceptors (Lipinski definition) is 2. The van der Waals surface area contributed by atoms with E-state index in [9.17, 15) is 22.4 Å². The summed E-state index contributed by atoms with van der Waals surface area (Å²) in [7, 11) is 1.03. The molecule has 0 atom stereocenters. The van der Waals surface area contributed by atoms with Crippen LogP contribution in [0.4, 0.5) is 28.9 Å². The fraction of sp³-hybridized carbons (Fsp3) is 0.167. The van der Waals surface area contributed by atoms with Gasteiger partial charge in [-0.15, -0.1) is 0 Å². The van der Waals surface area contributed by atoms with E-state index in [1.54, 1.807) is 12.1 Å². The van der Waals surface area contributed by atoms with E-state index >= 15 is 0 Å². The Morgan fingerprint density at radius 2 is 1.95 bits per heavy atom. The predicted octanol–water partition coefficient (Wildman–Crippen LogP) is 3.48. The zero-order valence-electron chi connectivity index (χ0n) is 10.5. The molecule has 4 nitrogen and oxygen atoms in total. The second-order valence-electron chi connectivity index (χ2n) is 4.04. The molecule has 2 aromatic rings. The molecule has 2 rings (SSSR count). The van der Waals surface area contributed by atoms with E-state index < -0.39 is 23.5 Å². The van der Waals surface area contributed by atoms with Gasteiger partial charge < -0.3 is 0 Å². The summed E-state index contributed by atoms with van der Waals surface area (Å²) in [5, 5.41) is 3.12. The molecule has 0 aliphatic rings. The van der Waals surface area contributed by atoms with Crippen molar-refractivity contribution in [2.24, 2.45) is 7.05 Å². The van der Waals surface area contributed by atoms with Crippen LogP contribution in [-0.4, -0.2) is 16.2 Å². The minimum Gasteiger partial charge on any atom is -0.278 e. The average molecular weight is 413 g/mol. The molecule has 21 heavy (non-hydrogen) atoms. The molecule has 1 aromatic carbocycles. The van der Waals surface area contributed by atoms with Crippen LogP contribution < -0.4 is 4.90 Å². The van der Waals surface area contributed by atoms with Crippen molar-refractivity contribution in [2.45, 2.75) is 6.18 Å². The number of para-hydroxylation sites is 1. The van der Waals surface area contributed by atoms with E-state index in [0.29, 0.717) is 13.2 Å². The molecule has 1 aromatic heterocycles. The first kappa shape index (κ1) is 15.7. The molecule has 0 unspecified atom stereocenters. The van der Waals surface area contributed by atoms with Crippen LogP contribution in [0.15, 0.2) is 24.3 Å². The molecule has 0 radical (unpaired) electrons. The Morgan fingerprint density at radius 3 is 2.48 bits per heavy atom. The van der Waals surface area contributed by atoms with E-state index in [4.69, 9.17) is 0 Å². The number of alkyl halides is 3. The van der Waals surface area contributed by atoms with Crippen LogP contribution in [0, 0.1) is 9.52 Å². The maximum absolute atomic E-state index is 14.0. The molecule has 1 amide bonds. The first-order valence-corrected chi connectivity index (χ1v) is 6.64. The molecule has 0 fully saturated rings. The molecule has 0 spiro atoms. The van der Waals surface area contributed by atoms with Crippen molar-refractivity contribution in [3.63, 3.8) is 0 Å². The third-order valence-electron chi connectivity index (χ3n) is 2.68. The molecule has 1 heterocycles. The van der Waals surface area contributed by atoms with Crippen LogP contribution >= 0.6 is 22.6 Å². The van der Waals surface area contributed by atoms with Gasteiger partial charge in [-0.1, -0.05) is 12.1 Å². The van der Waals surface area contributed by atoms with Crippen molar-refractivity contribution < 1.29 is 22.4 Å². The lowest BCUT2D eigenvalue weighted by Crippen LogP contribution is -2.20. The monoisotopic (exact) mass is 413 g/mol. The van der Waals surface area contributed by atoms with E-state index in [-0.39, 0.29) is 12.1 Å². The fourth-order valence-corrected chi connectivity index (χ4v) is 2.42. The van der Waals surface area contributed by atoms with Gasteiger partial charge in [-0.05, 0) is 34.7 Å². The van der Waals surface area contributed by atoms with Gasteiger partial charge in [0.2, 0.25) is 12.4 Å². The maximum atomic E-state index is 14.0. The second-order valence-corrected chi connectivity index (χ2v) is 5.20. The smallest absolute Gasteiger partial charge is 0.278 e. The van der Waals surface area contributed by atoms with Crippen LogP contribution in [-0.2, 0) is 18.0 Å². The van der Waals surface area contributed by atoms with E-state index in [1.807, 2.05) is 22.6 Å². The SMILES string of the molecule is Cn1nc(C(F)(F)F)c(N(C=O)c2ccccc2I)c1F. The van der Waals surface area contributed by atoms with Gasteiger partial charge in [-0.25, -0.2) is 4.68 Å². The van der Waals surface area contributed by atoms with Crippen LogP contribution in [0.25, 0.3) is 0 Å². The first-order chi connectivity index (χ1) is 9.77. The highest BCUT2D eigenvalue weighted by Gasteiger charge is 2.41. The molecule has 0 bridgehead atoms. The standard InChI is InChI=1S/C12H8F4IN3O/c1-19-11(13)9(10(18-19)12(14,15)16)20(6-21)8-5-3-2-4-7(8)17/h2-6H,1H3. The van der Waals surface area contributed by atoms with E-state index in [2.05, 4.69) is 5.10 Å². The molecular formula is C12H8F4IN3O. The van der Waals surface area contributed by atoms with Gasteiger partial charge >= 0.3 is 6.18 Å². The molecule has 0 aliphatic carbocycles. The number of rotatable bonds is 3. The number of carbonyl (C=O) groups is 1. The summed E-state index contributed by atoms with van der Waals surface area (Å²) in [5.41, 5.74) is -2.22. The van der Waals surface area contributed by atoms with Gasteiger partial charge in [0.1, 0.15) is 5.69 Å². The molecule has 0 N–H and O–H groups in total. The molecule has 9 heteroatoms. The van der Waals surface area contributed by atoms with Crippen molar-refractivity contribution in [1.29, 1.82) is 0 Å². The topological polar surface area (TPSA) is 38.1 Å². The molecule has 0 saturated heterocycles. The van der Waals surface area contributed by atoms with Crippen molar-refractivity contribution in [3.8, 4) is 0 Å². The zero-order chi connectivity index (χ0) is 15.8. The lowest BCUT2D eigenvalue weighted by atomic mass is 10.2. The minimum atomic E-state index is -4.88. The summed E-state index contributed by atoms with van der Waals surface area (Å²) in [6.45, 7) is 0. The maximum Gasteiger partial charge on any atom is 0.437 e. The third-order valence-corrected chi connectivity index (χ3v) is 3.59. The van der Waals surface area contributed by atoms with Crippen LogP contribution in [0.3, 0.4) is 0 Å². The van der Waals surface area contributed by atoms with E-state index in [1.165, 1.54) is 12.1 Å². The Kier molecular flexibility index (Phi) is 4.21. The van der Waals surface area contributed by atoms with Gasteiger partial charge in [-0.2, -0.15) is 22.7 Å². The number of benzene rings is 1. The number of aryl methyl sites for hydroxylation is 1. The Bertz CT molecular complexity index is 684. The predicted molar refractivity (Wildman–Crippen MR) is 75.5 cm³/mol. The van der Waals surface area contributed by atoms with Gasteiger partial charge in [0.05, 0.1) is 5.69 Å². The lowest BCUT2D eigenvalue weighted by molar-refractivity contribution is -0.140. The van der Waals surface area contributed by atoms with E-state index in [0.717, 1.165) is 7.05 Å². The second kappa shape index (κ2) is 5.62. The quantitative estimate of drug-likeness (QED) is 0.439. The normalized spacial score (nSPS) is 11.5. The zero-order valence-corrected chi connectivity index (χ0v) is 12.7. The highest BCUT2D eigenvalue weighted by atomic mass is 127. The Labute approximate surface area is 130 Å². The largest absolute Gasteiger partial charge is 0.437 e. The summed E-state index contributed by atoms with van der Waals surface area (Å²) >= 11 is 1.85. The van der Waals surface area contributed by atoms with Crippen LogP contribution in [0.2, 0.25) is 0 Å². The summed E-state index contributed by atoms with van der Waals surface area (Å²) in [5.74, 6) is -1.24. The summed E-state index contributed by atoms with van der Waals surface area (Å²) < 4.78 is 53.9. The van der Waals surface area contributed by atoms with Crippen molar-refractivity contribution >= 4 is 40.4 Å². The lowest BCUT2D eigenvalue weighted by Gasteiger charge is -2.19. The van der Waals surface area contributed by atoms with Crippen molar-refractivity contribution in [1.82, 2.24) is 9.78 Å². The minimum absolute atomic E-state index is 0.132. The summed E-state index contributed by atoms with van der Waals surface area (Å²) in [6, 6.07) is 6.20. The third kappa shape index (κ3) is 2.87. The summed E-state index contributed by atoms with van der Waals surface area (Å²) in [6.07, 6.45) is -4.74. The van der Waals surface area contributed by atoms with Crippen LogP contribution in [0.1, 0.15) is 5.69 Å². The summed E-state index contributed by atoms with van der Waals surface area (Å²) in [4.78, 5) is 11.9. The number of amides is 1. The highest BCUT2D eigenvalue weighted by molar-refractivity contribution is 14.1. The number of carbonyl (C=O) groups excluding carboxylic acids is 1. The van der Waals surface area contributed by atoms with Gasteiger partial charge in [0.15, 0.2) is 5.69 Å². The fourth-order valence-electron chi connectivity index (χ4n) is 1.77. The number of hydrogen-bond donors (Lipinski definition) is 0. The number of anilines is 2. The van der Waals surface area contributed by atoms with Gasteiger partial charge in [-0.3, -0.25) is 9.69 Å². The average Bonchev–Trinajstić information content (AvgIpc) is 2.70. The Hall–Kier alpha value is -1.65. The van der Waals surface area contributed by atoms with Crippen molar-refractivity contribution in [3.05, 3.63) is 39.5 Å². The molecule has 112 valence electrons. The number of halogens is 5. The Morgan fingerprint density at radius 1 is 1.33 bits per heavy atom. The molecule has 0 saturated carbocycles. The van der Waals surface area contributed by atoms with Gasteiger partial charge in [0.25, 0.3) is 0 Å². The highest BCUT2D eigenvalue weighted by Crippen LogP contribution is 2.40. The van der Waals surface area contributed by atoms with Crippen molar-refractivity contribution in [2.75, 3.05) is 4.90 Å². The molecule has 0 aliphatic heterocycles. The first-order valence-electron chi connectivity index (χ1n) is 5.56. The van der Waals surface area contributed by atoms with Crippen LogP contribution in [0.5, 0.6) is 0 Å². The Balaban J connectivity index is 2.69. The van der Waals surface area contributed by atoms with Gasteiger partial charge in [0, 0.05) is 10.6 Å². The number of aromatic nitrogens is 2.